The lowest BCUT2D eigenvalue weighted by Gasteiger charge is -2.06. The maximum Gasteiger partial charge on any atom is 0.281 e. The molecular formula is C8H5BrClF2NO. The molecule has 0 fully saturated rings. The van der Waals surface area contributed by atoms with Crippen LogP contribution in [0.15, 0.2) is 10.5 Å². The van der Waals surface area contributed by atoms with Crippen molar-refractivity contribution in [2.45, 2.75) is 13.3 Å². The number of nitrogens with zero attached hydrogens (tertiary/aromatic N) is 1. The largest absolute Gasteiger partial charge is 0.281 e. The molecule has 1 heterocycles. The zero-order valence-electron chi connectivity index (χ0n) is 7.02. The van der Waals surface area contributed by atoms with Gasteiger partial charge in [0.25, 0.3) is 11.7 Å². The molecule has 0 aliphatic rings. The fraction of sp³-hybridized carbons (Fsp3) is 0.250. The molecule has 2 nitrogen and oxygen atoms in total. The molecule has 0 aliphatic carbocycles. The Morgan fingerprint density at radius 2 is 2.21 bits per heavy atom. The van der Waals surface area contributed by atoms with Gasteiger partial charge >= 0.3 is 0 Å². The predicted molar refractivity (Wildman–Crippen MR) is 51.8 cm³/mol. The monoisotopic (exact) mass is 283 g/mol. The summed E-state index contributed by atoms with van der Waals surface area (Å²) in [6.07, 6.45) is -2.74. The van der Waals surface area contributed by atoms with Gasteiger partial charge in [-0.05, 0) is 40.5 Å². The third-order valence-corrected chi connectivity index (χ3v) is 2.57. The molecule has 1 aromatic rings. The van der Waals surface area contributed by atoms with Crippen LogP contribution in [0.1, 0.15) is 28.2 Å². The lowest BCUT2D eigenvalue weighted by atomic mass is 10.2. The Kier molecular flexibility index (Phi) is 3.55. The molecule has 0 atom stereocenters. The first-order valence-electron chi connectivity index (χ1n) is 3.58. The van der Waals surface area contributed by atoms with Crippen molar-refractivity contribution in [2.75, 3.05) is 0 Å². The second-order valence-corrected chi connectivity index (χ2v) is 3.72. The highest BCUT2D eigenvalue weighted by Gasteiger charge is 2.19. The van der Waals surface area contributed by atoms with E-state index in [1.54, 1.807) is 0 Å². The van der Waals surface area contributed by atoms with Crippen molar-refractivity contribution < 1.29 is 13.6 Å². The summed E-state index contributed by atoms with van der Waals surface area (Å²) < 4.78 is 24.8. The Hall–Kier alpha value is -0.550. The molecule has 0 aliphatic heterocycles. The van der Waals surface area contributed by atoms with E-state index in [-0.39, 0.29) is 10.0 Å². The molecule has 0 saturated carbocycles. The standard InChI is InChI=1S/C8H5BrClF2NO/c1-3-2-4(7(10)14)5(9)6(13-3)8(11)12/h2,8H,1H3. The van der Waals surface area contributed by atoms with Gasteiger partial charge in [0.05, 0.1) is 10.0 Å². The predicted octanol–water partition coefficient (Wildman–Crippen LogP) is 3.47. The maximum atomic E-state index is 12.4. The molecule has 0 spiro atoms. The van der Waals surface area contributed by atoms with Gasteiger partial charge in [-0.2, -0.15) is 0 Å². The van der Waals surface area contributed by atoms with E-state index in [1.807, 2.05) is 0 Å². The van der Waals surface area contributed by atoms with Crippen LogP contribution in [-0.4, -0.2) is 10.2 Å². The van der Waals surface area contributed by atoms with Gasteiger partial charge in [-0.25, -0.2) is 8.78 Å². The van der Waals surface area contributed by atoms with Gasteiger partial charge in [-0.3, -0.25) is 9.78 Å². The Morgan fingerprint density at radius 3 is 2.64 bits per heavy atom. The van der Waals surface area contributed by atoms with Gasteiger partial charge in [0.2, 0.25) is 0 Å². The van der Waals surface area contributed by atoms with E-state index in [4.69, 9.17) is 11.6 Å². The van der Waals surface area contributed by atoms with E-state index in [0.717, 1.165) is 0 Å². The number of alkyl halides is 2. The van der Waals surface area contributed by atoms with Crippen LogP contribution in [0.4, 0.5) is 8.78 Å². The first kappa shape index (κ1) is 11.5. The number of pyridine rings is 1. The van der Waals surface area contributed by atoms with Gasteiger partial charge in [-0.15, -0.1) is 0 Å². The van der Waals surface area contributed by atoms with Gasteiger partial charge in [0.1, 0.15) is 5.69 Å². The average molecular weight is 284 g/mol. The van der Waals surface area contributed by atoms with Crippen LogP contribution in [0.3, 0.4) is 0 Å². The third-order valence-electron chi connectivity index (χ3n) is 1.53. The molecular weight excluding hydrogens is 279 g/mol. The van der Waals surface area contributed by atoms with E-state index in [0.29, 0.717) is 5.69 Å². The lowest BCUT2D eigenvalue weighted by molar-refractivity contribution is 0.107. The van der Waals surface area contributed by atoms with E-state index >= 15 is 0 Å². The summed E-state index contributed by atoms with van der Waals surface area (Å²) >= 11 is 8.08. The Labute approximate surface area is 92.4 Å². The van der Waals surface area contributed by atoms with Crippen molar-refractivity contribution in [1.82, 2.24) is 4.98 Å². The third kappa shape index (κ3) is 2.27. The normalized spacial score (nSPS) is 10.7. The molecule has 0 saturated heterocycles. The average Bonchev–Trinajstić information content (AvgIpc) is 2.07. The SMILES string of the molecule is Cc1cc(C(=O)Cl)c(Br)c(C(F)F)n1. The molecule has 0 bridgehead atoms. The molecule has 1 rings (SSSR count). The highest BCUT2D eigenvalue weighted by atomic mass is 79.9. The van der Waals surface area contributed by atoms with Gasteiger partial charge < -0.3 is 0 Å². The summed E-state index contributed by atoms with van der Waals surface area (Å²) in [6, 6.07) is 1.35. The summed E-state index contributed by atoms with van der Waals surface area (Å²) in [5.41, 5.74) is -0.129. The molecule has 1 aromatic heterocycles. The summed E-state index contributed by atoms with van der Waals surface area (Å²) in [5.74, 6) is 0. The minimum Gasteiger partial charge on any atom is -0.276 e. The quantitative estimate of drug-likeness (QED) is 0.778. The molecule has 76 valence electrons. The summed E-state index contributed by atoms with van der Waals surface area (Å²) in [6.45, 7) is 1.52. The van der Waals surface area contributed by atoms with Gasteiger partial charge in [0.15, 0.2) is 0 Å². The van der Waals surface area contributed by atoms with Crippen molar-refractivity contribution in [2.24, 2.45) is 0 Å². The smallest absolute Gasteiger partial charge is 0.276 e. The van der Waals surface area contributed by atoms with Crippen molar-refractivity contribution in [3.05, 3.63) is 27.5 Å². The zero-order chi connectivity index (χ0) is 10.9. The van der Waals surface area contributed by atoms with Crippen LogP contribution >= 0.6 is 27.5 Å². The van der Waals surface area contributed by atoms with Crippen LogP contribution in [-0.2, 0) is 0 Å². The number of halogens is 4. The minimum absolute atomic E-state index is 0.00877. The van der Waals surface area contributed by atoms with Crippen LogP contribution < -0.4 is 0 Å². The highest BCUT2D eigenvalue weighted by Crippen LogP contribution is 2.29. The maximum absolute atomic E-state index is 12.4. The van der Waals surface area contributed by atoms with Gasteiger partial charge in [-0.1, -0.05) is 0 Å². The van der Waals surface area contributed by atoms with Crippen LogP contribution in [0.25, 0.3) is 0 Å². The van der Waals surface area contributed by atoms with E-state index < -0.39 is 17.4 Å². The summed E-state index contributed by atoms with van der Waals surface area (Å²) in [4.78, 5) is 14.5. The second-order valence-electron chi connectivity index (χ2n) is 2.58. The molecule has 0 unspecified atom stereocenters. The molecule has 0 radical (unpaired) electrons. The number of carbonyl (C=O) groups is 1. The minimum atomic E-state index is -2.74. The van der Waals surface area contributed by atoms with E-state index in [1.165, 1.54) is 13.0 Å². The molecule has 14 heavy (non-hydrogen) atoms. The first-order valence-corrected chi connectivity index (χ1v) is 4.75. The number of rotatable bonds is 2. The highest BCUT2D eigenvalue weighted by molar-refractivity contribution is 9.10. The van der Waals surface area contributed by atoms with E-state index in [9.17, 15) is 13.6 Å². The van der Waals surface area contributed by atoms with Crippen molar-refractivity contribution in [3.8, 4) is 0 Å². The molecule has 0 aromatic carbocycles. The Bertz CT molecular complexity index is 384. The fourth-order valence-corrected chi connectivity index (χ4v) is 1.79. The Balaban J connectivity index is 3.40. The second kappa shape index (κ2) is 4.31. The Morgan fingerprint density at radius 1 is 1.64 bits per heavy atom. The number of hydrogen-bond donors (Lipinski definition) is 0. The summed E-state index contributed by atoms with van der Waals surface area (Å²) in [5, 5.41) is -0.788. The molecule has 0 N–H and O–H groups in total. The topological polar surface area (TPSA) is 30.0 Å². The fourth-order valence-electron chi connectivity index (χ4n) is 0.969. The van der Waals surface area contributed by atoms with Crippen molar-refractivity contribution in [1.29, 1.82) is 0 Å². The molecule has 6 heteroatoms. The van der Waals surface area contributed by atoms with Crippen LogP contribution in [0, 0.1) is 6.92 Å². The number of hydrogen-bond acceptors (Lipinski definition) is 2. The van der Waals surface area contributed by atoms with Crippen LogP contribution in [0.2, 0.25) is 0 Å². The zero-order valence-corrected chi connectivity index (χ0v) is 9.36. The van der Waals surface area contributed by atoms with Crippen molar-refractivity contribution >= 4 is 32.8 Å². The molecule has 0 amide bonds. The first-order chi connectivity index (χ1) is 6.43. The number of aromatic nitrogens is 1. The number of aryl methyl sites for hydroxylation is 1. The summed E-state index contributed by atoms with van der Waals surface area (Å²) in [7, 11) is 0. The van der Waals surface area contributed by atoms with E-state index in [2.05, 4.69) is 20.9 Å². The van der Waals surface area contributed by atoms with Crippen molar-refractivity contribution in [3.63, 3.8) is 0 Å². The van der Waals surface area contributed by atoms with Crippen LogP contribution in [0.5, 0.6) is 0 Å². The number of carbonyl (C=O) groups excluding carboxylic acids is 1. The van der Waals surface area contributed by atoms with Gasteiger partial charge in [0, 0.05) is 5.69 Å². The lowest BCUT2D eigenvalue weighted by Crippen LogP contribution is -2.01.